The quantitative estimate of drug-likeness (QED) is 0.432. The molecular formula is C22H27F2N7O. The van der Waals surface area contributed by atoms with Gasteiger partial charge in [0.2, 0.25) is 0 Å². The summed E-state index contributed by atoms with van der Waals surface area (Å²) in [6.45, 7) is -0.423. The highest BCUT2D eigenvalue weighted by Crippen LogP contribution is 2.23. The molecule has 1 unspecified atom stereocenters. The molecule has 0 radical (unpaired) electrons. The van der Waals surface area contributed by atoms with E-state index in [2.05, 4.69) is 35.5 Å². The fraction of sp³-hybridized carbons (Fsp3) is 0.409. The Hall–Kier alpha value is -3.43. The second kappa shape index (κ2) is 10.3. The number of nitrogens with zero attached hydrogens (tertiary/aromatic N) is 5. The Morgan fingerprint density at radius 2 is 2.06 bits per heavy atom. The van der Waals surface area contributed by atoms with Crippen LogP contribution in [0.2, 0.25) is 0 Å². The highest BCUT2D eigenvalue weighted by atomic mass is 19.3. The molecule has 32 heavy (non-hydrogen) atoms. The summed E-state index contributed by atoms with van der Waals surface area (Å²) in [6, 6.07) is 12.8. The summed E-state index contributed by atoms with van der Waals surface area (Å²) in [4.78, 5) is 6.58. The van der Waals surface area contributed by atoms with Gasteiger partial charge in [0.25, 0.3) is 0 Å². The van der Waals surface area contributed by atoms with Crippen LogP contribution in [0.3, 0.4) is 0 Å². The SMILES string of the molecule is CN=C(NCCc1nnc2ccccn12)NC1CCCN(c2ccc(OC(F)F)cc2)C1. The number of fused-ring (bicyclic) bond motifs is 1. The van der Waals surface area contributed by atoms with Crippen LogP contribution in [0.15, 0.2) is 53.7 Å². The number of nitrogens with one attached hydrogen (secondary N) is 2. The van der Waals surface area contributed by atoms with Crippen LogP contribution in [0, 0.1) is 0 Å². The second-order valence-electron chi connectivity index (χ2n) is 7.60. The van der Waals surface area contributed by atoms with E-state index >= 15 is 0 Å². The first-order chi connectivity index (χ1) is 15.6. The summed E-state index contributed by atoms with van der Waals surface area (Å²) >= 11 is 0. The van der Waals surface area contributed by atoms with Gasteiger partial charge in [-0.05, 0) is 49.2 Å². The summed E-state index contributed by atoms with van der Waals surface area (Å²) in [7, 11) is 1.75. The van der Waals surface area contributed by atoms with Crippen LogP contribution in [0.25, 0.3) is 5.65 Å². The lowest BCUT2D eigenvalue weighted by atomic mass is 10.0. The maximum absolute atomic E-state index is 12.4. The predicted molar refractivity (Wildman–Crippen MR) is 119 cm³/mol. The van der Waals surface area contributed by atoms with Crippen LogP contribution in [0.4, 0.5) is 14.5 Å². The van der Waals surface area contributed by atoms with E-state index in [1.54, 1.807) is 19.2 Å². The Balaban J connectivity index is 1.28. The highest BCUT2D eigenvalue weighted by molar-refractivity contribution is 5.80. The Labute approximate surface area is 185 Å². The number of piperidine rings is 1. The van der Waals surface area contributed by atoms with E-state index in [-0.39, 0.29) is 11.8 Å². The molecule has 0 saturated carbocycles. The molecule has 3 aromatic rings. The second-order valence-corrected chi connectivity index (χ2v) is 7.60. The molecule has 0 aliphatic carbocycles. The number of hydrogen-bond donors (Lipinski definition) is 2. The number of alkyl halides is 2. The van der Waals surface area contributed by atoms with Crippen molar-refractivity contribution in [3.8, 4) is 5.75 Å². The van der Waals surface area contributed by atoms with Gasteiger partial charge in [0.15, 0.2) is 11.6 Å². The third-order valence-electron chi connectivity index (χ3n) is 5.44. The molecule has 0 amide bonds. The normalized spacial score (nSPS) is 17.1. The van der Waals surface area contributed by atoms with E-state index < -0.39 is 6.61 Å². The number of halogens is 2. The molecule has 10 heteroatoms. The first kappa shape index (κ1) is 21.8. The fourth-order valence-corrected chi connectivity index (χ4v) is 3.91. The lowest BCUT2D eigenvalue weighted by Gasteiger charge is -2.35. The van der Waals surface area contributed by atoms with Crippen molar-refractivity contribution in [3.05, 3.63) is 54.5 Å². The van der Waals surface area contributed by atoms with Gasteiger partial charge in [-0.1, -0.05) is 6.07 Å². The van der Waals surface area contributed by atoms with Crippen molar-refractivity contribution in [3.63, 3.8) is 0 Å². The zero-order valence-corrected chi connectivity index (χ0v) is 17.9. The molecule has 170 valence electrons. The Bertz CT molecular complexity index is 1040. The third-order valence-corrected chi connectivity index (χ3v) is 5.44. The minimum Gasteiger partial charge on any atom is -0.435 e. The van der Waals surface area contributed by atoms with Gasteiger partial charge in [-0.25, -0.2) is 0 Å². The van der Waals surface area contributed by atoms with Gasteiger partial charge in [-0.15, -0.1) is 10.2 Å². The minimum absolute atomic E-state index is 0.167. The van der Waals surface area contributed by atoms with Crippen LogP contribution in [0.5, 0.6) is 5.75 Å². The number of benzene rings is 1. The maximum atomic E-state index is 12.4. The van der Waals surface area contributed by atoms with Crippen LogP contribution >= 0.6 is 0 Å². The lowest BCUT2D eigenvalue weighted by Crippen LogP contribution is -2.51. The number of aromatic nitrogens is 3. The molecule has 3 heterocycles. The number of ether oxygens (including phenoxy) is 1. The monoisotopic (exact) mass is 443 g/mol. The lowest BCUT2D eigenvalue weighted by molar-refractivity contribution is -0.0498. The topological polar surface area (TPSA) is 79.1 Å². The molecule has 2 aromatic heterocycles. The molecular weight excluding hydrogens is 416 g/mol. The van der Waals surface area contributed by atoms with Crippen molar-refractivity contribution in [2.24, 2.45) is 4.99 Å². The van der Waals surface area contributed by atoms with Crippen LogP contribution in [-0.4, -0.2) is 59.9 Å². The van der Waals surface area contributed by atoms with Gasteiger partial charge in [-0.3, -0.25) is 9.39 Å². The van der Waals surface area contributed by atoms with Gasteiger partial charge in [-0.2, -0.15) is 8.78 Å². The van der Waals surface area contributed by atoms with Crippen LogP contribution < -0.4 is 20.3 Å². The first-order valence-electron chi connectivity index (χ1n) is 10.7. The van der Waals surface area contributed by atoms with Crippen molar-refractivity contribution >= 4 is 17.3 Å². The minimum atomic E-state index is -2.81. The number of guanidine groups is 1. The number of rotatable bonds is 7. The van der Waals surface area contributed by atoms with Gasteiger partial charge in [0, 0.05) is 51.0 Å². The summed E-state index contributed by atoms with van der Waals surface area (Å²) < 4.78 is 31.1. The van der Waals surface area contributed by atoms with E-state index in [0.29, 0.717) is 6.54 Å². The van der Waals surface area contributed by atoms with E-state index in [1.807, 2.05) is 40.9 Å². The van der Waals surface area contributed by atoms with Gasteiger partial charge >= 0.3 is 6.61 Å². The molecule has 1 saturated heterocycles. The van der Waals surface area contributed by atoms with Crippen molar-refractivity contribution in [2.75, 3.05) is 31.6 Å². The molecule has 0 bridgehead atoms. The molecule has 1 aliphatic rings. The molecule has 1 aromatic carbocycles. The Morgan fingerprint density at radius 1 is 1.22 bits per heavy atom. The zero-order valence-electron chi connectivity index (χ0n) is 17.9. The molecule has 1 fully saturated rings. The van der Waals surface area contributed by atoms with Crippen LogP contribution in [-0.2, 0) is 6.42 Å². The standard InChI is InChI=1S/C22H27F2N7O/c1-25-22(26-12-11-20-29-28-19-6-2-3-14-31(19)20)27-16-5-4-13-30(15-16)17-7-9-18(10-8-17)32-21(23)24/h2-3,6-10,14,16,21H,4-5,11-13,15H2,1H3,(H2,25,26,27). The number of pyridine rings is 1. The van der Waals surface area contributed by atoms with Gasteiger partial charge in [0.1, 0.15) is 11.6 Å². The Kier molecular flexibility index (Phi) is 6.98. The summed E-state index contributed by atoms with van der Waals surface area (Å²) in [5.41, 5.74) is 1.82. The molecule has 0 spiro atoms. The van der Waals surface area contributed by atoms with Crippen molar-refractivity contribution in [2.45, 2.75) is 31.9 Å². The predicted octanol–water partition coefficient (Wildman–Crippen LogP) is 2.71. The maximum Gasteiger partial charge on any atom is 0.387 e. The van der Waals surface area contributed by atoms with E-state index in [4.69, 9.17) is 0 Å². The highest BCUT2D eigenvalue weighted by Gasteiger charge is 2.21. The first-order valence-corrected chi connectivity index (χ1v) is 10.7. The summed E-state index contributed by atoms with van der Waals surface area (Å²) in [5.74, 6) is 1.80. The van der Waals surface area contributed by atoms with Crippen molar-refractivity contribution in [1.29, 1.82) is 0 Å². The summed E-state index contributed by atoms with van der Waals surface area (Å²) in [5, 5.41) is 15.3. The van der Waals surface area contributed by atoms with Gasteiger partial charge < -0.3 is 20.3 Å². The third kappa shape index (κ3) is 5.43. The fourth-order valence-electron chi connectivity index (χ4n) is 3.91. The van der Waals surface area contributed by atoms with Crippen molar-refractivity contribution in [1.82, 2.24) is 25.2 Å². The van der Waals surface area contributed by atoms with E-state index in [9.17, 15) is 8.78 Å². The smallest absolute Gasteiger partial charge is 0.387 e. The molecule has 8 nitrogen and oxygen atoms in total. The largest absolute Gasteiger partial charge is 0.435 e. The van der Waals surface area contributed by atoms with Crippen LogP contribution in [0.1, 0.15) is 18.7 Å². The molecule has 4 rings (SSSR count). The average molecular weight is 444 g/mol. The number of hydrogen-bond acceptors (Lipinski definition) is 5. The number of aliphatic imine (C=N–C) groups is 1. The van der Waals surface area contributed by atoms with Gasteiger partial charge in [0.05, 0.1) is 0 Å². The molecule has 1 atom stereocenters. The molecule has 1 aliphatic heterocycles. The van der Waals surface area contributed by atoms with E-state index in [0.717, 1.165) is 55.5 Å². The van der Waals surface area contributed by atoms with E-state index in [1.165, 1.54) is 0 Å². The zero-order chi connectivity index (χ0) is 22.3. The Morgan fingerprint density at radius 3 is 2.84 bits per heavy atom. The molecule has 2 N–H and O–H groups in total. The summed E-state index contributed by atoms with van der Waals surface area (Å²) in [6.07, 6.45) is 4.73. The number of anilines is 1. The van der Waals surface area contributed by atoms with Crippen molar-refractivity contribution < 1.29 is 13.5 Å². The average Bonchev–Trinajstić information content (AvgIpc) is 3.22.